The van der Waals surface area contributed by atoms with Crippen molar-refractivity contribution in [2.75, 3.05) is 6.54 Å². The Balaban J connectivity index is 1.77. The quantitative estimate of drug-likeness (QED) is 0.657. The summed E-state index contributed by atoms with van der Waals surface area (Å²) in [6.07, 6.45) is 1.74. The predicted octanol–water partition coefficient (Wildman–Crippen LogP) is 4.45. The van der Waals surface area contributed by atoms with Gasteiger partial charge in [-0.1, -0.05) is 41.9 Å². The number of fused-ring (bicyclic) bond motifs is 3. The van der Waals surface area contributed by atoms with Crippen molar-refractivity contribution in [3.8, 4) is 11.1 Å². The Bertz CT molecular complexity index is 870. The first-order valence-electron chi connectivity index (χ1n) is 8.44. The van der Waals surface area contributed by atoms with Crippen LogP contribution < -0.4 is 5.32 Å². The molecule has 4 heteroatoms. The molecule has 4 rings (SSSR count). The number of aryl methyl sites for hydroxylation is 1. The molecule has 1 heterocycles. The number of halogens is 1. The number of rotatable bonds is 4. The molecule has 0 radical (unpaired) electrons. The summed E-state index contributed by atoms with van der Waals surface area (Å²) in [6.45, 7) is 2.40. The van der Waals surface area contributed by atoms with Crippen LogP contribution in [0.5, 0.6) is 0 Å². The summed E-state index contributed by atoms with van der Waals surface area (Å²) in [4.78, 5) is 3.52. The lowest BCUT2D eigenvalue weighted by atomic mass is 10.0. The van der Waals surface area contributed by atoms with Crippen molar-refractivity contribution < 1.29 is 5.11 Å². The number of aliphatic hydroxyl groups is 1. The average molecular weight is 341 g/mol. The second-order valence-corrected chi connectivity index (χ2v) is 7.02. The predicted molar refractivity (Wildman–Crippen MR) is 99.5 cm³/mol. The van der Waals surface area contributed by atoms with E-state index in [1.165, 1.54) is 22.2 Å². The molecule has 1 aliphatic rings. The maximum Gasteiger partial charge on any atom is 0.0653 e. The Morgan fingerprint density at radius 2 is 2.04 bits per heavy atom. The third-order valence-electron chi connectivity index (χ3n) is 4.80. The summed E-state index contributed by atoms with van der Waals surface area (Å²) in [5.41, 5.74) is 5.92. The summed E-state index contributed by atoms with van der Waals surface area (Å²) in [5, 5.41) is 14.9. The van der Waals surface area contributed by atoms with Crippen LogP contribution in [0.3, 0.4) is 0 Å². The van der Waals surface area contributed by atoms with Crippen LogP contribution in [0.25, 0.3) is 22.0 Å². The Morgan fingerprint density at radius 3 is 2.79 bits per heavy atom. The Morgan fingerprint density at radius 1 is 1.25 bits per heavy atom. The molecule has 0 saturated heterocycles. The third kappa shape index (κ3) is 2.73. The number of benzene rings is 2. The second-order valence-electron chi connectivity index (χ2n) is 6.61. The largest absolute Gasteiger partial charge is 0.392 e. The molecule has 124 valence electrons. The molecule has 0 aliphatic heterocycles. The molecular formula is C20H21ClN2O. The highest BCUT2D eigenvalue weighted by Gasteiger charge is 2.27. The molecule has 1 aromatic heterocycles. The minimum Gasteiger partial charge on any atom is -0.392 e. The average Bonchev–Trinajstić information content (AvgIpc) is 3.14. The van der Waals surface area contributed by atoms with Crippen molar-refractivity contribution in [2.45, 2.75) is 31.9 Å². The summed E-state index contributed by atoms with van der Waals surface area (Å²) in [5.74, 6) is 0. The van der Waals surface area contributed by atoms with Crippen LogP contribution >= 0.6 is 11.6 Å². The van der Waals surface area contributed by atoms with Gasteiger partial charge in [-0.3, -0.25) is 0 Å². The summed E-state index contributed by atoms with van der Waals surface area (Å²) in [7, 11) is 0. The van der Waals surface area contributed by atoms with Gasteiger partial charge in [0.05, 0.1) is 16.6 Å². The lowest BCUT2D eigenvalue weighted by Crippen LogP contribution is -2.27. The molecule has 24 heavy (non-hydrogen) atoms. The molecular weight excluding hydrogens is 320 g/mol. The van der Waals surface area contributed by atoms with Crippen molar-refractivity contribution in [2.24, 2.45) is 0 Å². The van der Waals surface area contributed by atoms with Crippen molar-refractivity contribution >= 4 is 22.5 Å². The zero-order valence-corrected chi connectivity index (χ0v) is 14.4. The number of hydrogen-bond acceptors (Lipinski definition) is 2. The van der Waals surface area contributed by atoms with Gasteiger partial charge in [0, 0.05) is 23.7 Å². The Hall–Kier alpha value is -1.81. The molecule has 0 saturated carbocycles. The molecule has 0 fully saturated rings. The van der Waals surface area contributed by atoms with Crippen LogP contribution in [0, 0.1) is 0 Å². The molecule has 2 atom stereocenters. The van der Waals surface area contributed by atoms with E-state index in [4.69, 9.17) is 11.6 Å². The number of aliphatic hydroxyl groups excluding tert-OH is 1. The van der Waals surface area contributed by atoms with E-state index < -0.39 is 0 Å². The van der Waals surface area contributed by atoms with Crippen LogP contribution in [0.15, 0.2) is 42.5 Å². The van der Waals surface area contributed by atoms with Crippen LogP contribution in [0.4, 0.5) is 0 Å². The highest BCUT2D eigenvalue weighted by atomic mass is 35.5. The fourth-order valence-corrected chi connectivity index (χ4v) is 3.91. The molecule has 3 N–H and O–H groups in total. The first-order chi connectivity index (χ1) is 11.6. The molecule has 0 bridgehead atoms. The topological polar surface area (TPSA) is 48.0 Å². The highest BCUT2D eigenvalue weighted by Crippen LogP contribution is 2.40. The summed E-state index contributed by atoms with van der Waals surface area (Å²) < 4.78 is 0. The van der Waals surface area contributed by atoms with Gasteiger partial charge in [0.1, 0.15) is 0 Å². The van der Waals surface area contributed by atoms with E-state index in [1.807, 2.05) is 24.3 Å². The van der Waals surface area contributed by atoms with Crippen molar-refractivity contribution in [1.82, 2.24) is 10.3 Å². The number of H-pyrrole nitrogens is 1. The number of aromatic nitrogens is 1. The summed E-state index contributed by atoms with van der Waals surface area (Å²) >= 11 is 6.56. The molecule has 2 unspecified atom stereocenters. The maximum absolute atomic E-state index is 9.51. The van der Waals surface area contributed by atoms with Gasteiger partial charge in [-0.05, 0) is 48.6 Å². The fourth-order valence-electron chi connectivity index (χ4n) is 3.64. The minimum absolute atomic E-state index is 0.262. The molecule has 1 aliphatic carbocycles. The lowest BCUT2D eigenvalue weighted by molar-refractivity contribution is 0.186. The van der Waals surface area contributed by atoms with Crippen LogP contribution in [-0.4, -0.2) is 22.7 Å². The van der Waals surface area contributed by atoms with E-state index in [2.05, 4.69) is 28.5 Å². The Labute approximate surface area is 146 Å². The third-order valence-corrected chi connectivity index (χ3v) is 5.10. The second kappa shape index (κ2) is 6.25. The first kappa shape index (κ1) is 15.7. The van der Waals surface area contributed by atoms with Crippen LogP contribution in [-0.2, 0) is 6.42 Å². The standard InChI is InChI=1S/C20H21ClN2O/c1-12(24)11-22-18-8-7-15-16-9-14(13-5-3-2-4-6-13)10-17(21)19(16)23-20(15)18/h2-6,9-10,12,18,22-24H,7-8,11H2,1H3. The zero-order valence-electron chi connectivity index (χ0n) is 13.6. The van der Waals surface area contributed by atoms with Gasteiger partial charge in [-0.25, -0.2) is 0 Å². The SMILES string of the molecule is CC(O)CNC1CCc2c1[nH]c1c(Cl)cc(-c3ccccc3)cc21. The summed E-state index contributed by atoms with van der Waals surface area (Å²) in [6, 6.07) is 14.9. The molecule has 2 aromatic carbocycles. The van der Waals surface area contributed by atoms with Gasteiger partial charge in [-0.2, -0.15) is 0 Å². The molecule has 3 aromatic rings. The zero-order chi connectivity index (χ0) is 16.7. The van der Waals surface area contributed by atoms with Gasteiger partial charge < -0.3 is 15.4 Å². The number of nitrogens with one attached hydrogen (secondary N) is 2. The van der Waals surface area contributed by atoms with Crippen LogP contribution in [0.1, 0.15) is 30.6 Å². The Kier molecular flexibility index (Phi) is 4.09. The first-order valence-corrected chi connectivity index (χ1v) is 8.82. The van der Waals surface area contributed by atoms with Crippen molar-refractivity contribution in [3.63, 3.8) is 0 Å². The number of hydrogen-bond donors (Lipinski definition) is 3. The molecule has 3 nitrogen and oxygen atoms in total. The molecule has 0 spiro atoms. The van der Waals surface area contributed by atoms with E-state index in [-0.39, 0.29) is 12.1 Å². The van der Waals surface area contributed by atoms with Crippen molar-refractivity contribution in [3.05, 3.63) is 58.7 Å². The van der Waals surface area contributed by atoms with E-state index in [0.717, 1.165) is 28.9 Å². The highest BCUT2D eigenvalue weighted by molar-refractivity contribution is 6.35. The van der Waals surface area contributed by atoms with Gasteiger partial charge >= 0.3 is 0 Å². The lowest BCUT2D eigenvalue weighted by Gasteiger charge is -2.14. The van der Waals surface area contributed by atoms with Gasteiger partial charge in [0.25, 0.3) is 0 Å². The fraction of sp³-hybridized carbons (Fsp3) is 0.300. The smallest absolute Gasteiger partial charge is 0.0653 e. The molecule has 0 amide bonds. The van der Waals surface area contributed by atoms with Crippen LogP contribution in [0.2, 0.25) is 5.02 Å². The van der Waals surface area contributed by atoms with Crippen molar-refractivity contribution in [1.29, 1.82) is 0 Å². The van der Waals surface area contributed by atoms with Gasteiger partial charge in [0.15, 0.2) is 0 Å². The van der Waals surface area contributed by atoms with E-state index in [1.54, 1.807) is 6.92 Å². The van der Waals surface area contributed by atoms with Gasteiger partial charge in [-0.15, -0.1) is 0 Å². The van der Waals surface area contributed by atoms with E-state index in [0.29, 0.717) is 6.54 Å². The monoisotopic (exact) mass is 340 g/mol. The van der Waals surface area contributed by atoms with E-state index in [9.17, 15) is 5.11 Å². The van der Waals surface area contributed by atoms with E-state index >= 15 is 0 Å². The number of aromatic amines is 1. The normalized spacial score (nSPS) is 18.0. The van der Waals surface area contributed by atoms with Gasteiger partial charge in [0.2, 0.25) is 0 Å². The maximum atomic E-state index is 9.51. The minimum atomic E-state index is -0.341.